The topological polar surface area (TPSA) is 103 Å². The van der Waals surface area contributed by atoms with Gasteiger partial charge in [0, 0.05) is 23.6 Å². The number of esters is 1. The van der Waals surface area contributed by atoms with Crippen molar-refractivity contribution < 1.29 is 14.3 Å². The van der Waals surface area contributed by atoms with Gasteiger partial charge in [0.1, 0.15) is 0 Å². The molecule has 1 N–H and O–H groups in total. The van der Waals surface area contributed by atoms with Crippen molar-refractivity contribution in [1.29, 1.82) is 0 Å². The number of nitrogens with zero attached hydrogens (tertiary/aromatic N) is 3. The third-order valence-corrected chi connectivity index (χ3v) is 4.87. The number of fused-ring (bicyclic) bond motifs is 1. The van der Waals surface area contributed by atoms with E-state index in [0.29, 0.717) is 16.5 Å². The van der Waals surface area contributed by atoms with Crippen molar-refractivity contribution in [2.45, 2.75) is 0 Å². The monoisotopic (exact) mass is 440 g/mol. The third kappa shape index (κ3) is 4.85. The molecule has 164 valence electrons. The summed E-state index contributed by atoms with van der Waals surface area (Å²) in [5, 5.41) is 8.96. The van der Waals surface area contributed by atoms with E-state index in [-0.39, 0.29) is 11.3 Å². The molecule has 8 nitrogen and oxygen atoms in total. The van der Waals surface area contributed by atoms with Crippen LogP contribution in [0.4, 0.5) is 0 Å². The molecule has 1 aromatic heterocycles. The highest BCUT2D eigenvalue weighted by molar-refractivity contribution is 6.13. The zero-order valence-electron chi connectivity index (χ0n) is 17.8. The fraction of sp³-hybridized carbons (Fsp3) is 0.0800. The molecule has 1 heterocycles. The number of carbonyl (C=O) groups is 2. The molecule has 4 aromatic rings. The Kier molecular flexibility index (Phi) is 6.36. The van der Waals surface area contributed by atoms with E-state index in [1.165, 1.54) is 7.05 Å². The fourth-order valence-electron chi connectivity index (χ4n) is 3.29. The first-order valence-electron chi connectivity index (χ1n) is 10.1. The summed E-state index contributed by atoms with van der Waals surface area (Å²) in [7, 11) is 1.45. The smallest absolute Gasteiger partial charge is 0.359 e. The molecule has 0 aliphatic carbocycles. The van der Waals surface area contributed by atoms with Crippen molar-refractivity contribution in [3.63, 3.8) is 0 Å². The minimum absolute atomic E-state index is 0.0433. The quantitative estimate of drug-likeness (QED) is 0.282. The lowest BCUT2D eigenvalue weighted by molar-refractivity contribution is -0.124. The van der Waals surface area contributed by atoms with E-state index in [4.69, 9.17) is 4.74 Å². The molecule has 4 rings (SSSR count). The van der Waals surface area contributed by atoms with Crippen LogP contribution in [-0.2, 0) is 16.6 Å². The van der Waals surface area contributed by atoms with Crippen LogP contribution in [0.3, 0.4) is 0 Å². The van der Waals surface area contributed by atoms with E-state index in [1.54, 1.807) is 24.3 Å². The molecule has 0 atom stereocenters. The SMILES string of the molecule is Cn1nc(C(=O)OCC(=O)NN=C(c2ccccc2)c2ccccc2)c2ccccc2c1=O. The van der Waals surface area contributed by atoms with Crippen LogP contribution in [0.15, 0.2) is 94.8 Å². The van der Waals surface area contributed by atoms with E-state index in [9.17, 15) is 14.4 Å². The van der Waals surface area contributed by atoms with Crippen LogP contribution < -0.4 is 11.0 Å². The number of aryl methyl sites for hydroxylation is 1. The predicted octanol–water partition coefficient (Wildman–Crippen LogP) is 2.66. The Hall–Kier alpha value is -4.59. The second-order valence-corrected chi connectivity index (χ2v) is 7.13. The van der Waals surface area contributed by atoms with Gasteiger partial charge in [-0.25, -0.2) is 14.9 Å². The van der Waals surface area contributed by atoms with Crippen LogP contribution in [0.25, 0.3) is 10.8 Å². The summed E-state index contributed by atoms with van der Waals surface area (Å²) in [6.45, 7) is -0.557. The molecule has 0 radical (unpaired) electrons. The van der Waals surface area contributed by atoms with Gasteiger partial charge >= 0.3 is 5.97 Å². The largest absolute Gasteiger partial charge is 0.451 e. The van der Waals surface area contributed by atoms with Crippen LogP contribution in [0.2, 0.25) is 0 Å². The van der Waals surface area contributed by atoms with Gasteiger partial charge in [-0.3, -0.25) is 9.59 Å². The molecule has 8 heteroatoms. The van der Waals surface area contributed by atoms with Gasteiger partial charge in [-0.05, 0) is 6.07 Å². The van der Waals surface area contributed by atoms with Crippen LogP contribution in [-0.4, -0.2) is 34.0 Å². The lowest BCUT2D eigenvalue weighted by Gasteiger charge is -2.09. The van der Waals surface area contributed by atoms with Gasteiger partial charge in [-0.15, -0.1) is 0 Å². The van der Waals surface area contributed by atoms with Gasteiger partial charge < -0.3 is 4.74 Å². The number of rotatable bonds is 6. The number of aromatic nitrogens is 2. The van der Waals surface area contributed by atoms with Crippen molar-refractivity contribution in [2.24, 2.45) is 12.1 Å². The molecule has 33 heavy (non-hydrogen) atoms. The number of hydrogen-bond donors (Lipinski definition) is 1. The van der Waals surface area contributed by atoms with Crippen molar-refractivity contribution in [3.8, 4) is 0 Å². The normalized spacial score (nSPS) is 10.5. The fourth-order valence-corrected chi connectivity index (χ4v) is 3.29. The van der Waals surface area contributed by atoms with E-state index >= 15 is 0 Å². The van der Waals surface area contributed by atoms with Gasteiger partial charge in [-0.2, -0.15) is 10.2 Å². The maximum absolute atomic E-state index is 12.6. The molecule has 0 bridgehead atoms. The Morgan fingerprint density at radius 3 is 2.03 bits per heavy atom. The lowest BCUT2D eigenvalue weighted by atomic mass is 10.0. The summed E-state index contributed by atoms with van der Waals surface area (Å²) in [6, 6.07) is 25.4. The Morgan fingerprint density at radius 1 is 0.879 bits per heavy atom. The average molecular weight is 440 g/mol. The minimum Gasteiger partial charge on any atom is -0.451 e. The molecular weight excluding hydrogens is 420 g/mol. The molecular formula is C25H20N4O4. The number of hydrazone groups is 1. The Labute approximate surface area is 189 Å². The summed E-state index contributed by atoms with van der Waals surface area (Å²) in [5.74, 6) is -1.42. The van der Waals surface area contributed by atoms with Crippen LogP contribution >= 0.6 is 0 Å². The minimum atomic E-state index is -0.813. The lowest BCUT2D eigenvalue weighted by Crippen LogP contribution is -2.28. The zero-order valence-corrected chi connectivity index (χ0v) is 17.8. The van der Waals surface area contributed by atoms with Gasteiger partial charge in [-0.1, -0.05) is 78.9 Å². The Morgan fingerprint density at radius 2 is 1.42 bits per heavy atom. The summed E-state index contributed by atoms with van der Waals surface area (Å²) >= 11 is 0. The Balaban J connectivity index is 1.50. The van der Waals surface area contributed by atoms with Gasteiger partial charge in [0.2, 0.25) is 0 Å². The van der Waals surface area contributed by atoms with Crippen molar-refractivity contribution in [3.05, 3.63) is 112 Å². The molecule has 3 aromatic carbocycles. The zero-order chi connectivity index (χ0) is 23.2. The molecule has 0 unspecified atom stereocenters. The molecule has 1 amide bonds. The Bertz CT molecular complexity index is 1360. The number of ether oxygens (including phenoxy) is 1. The van der Waals surface area contributed by atoms with Crippen LogP contribution in [0.1, 0.15) is 21.6 Å². The number of hydrogen-bond acceptors (Lipinski definition) is 6. The number of nitrogens with one attached hydrogen (secondary N) is 1. The van der Waals surface area contributed by atoms with E-state index in [0.717, 1.165) is 15.8 Å². The highest BCUT2D eigenvalue weighted by Crippen LogP contribution is 2.14. The molecule has 0 spiro atoms. The first-order valence-corrected chi connectivity index (χ1v) is 10.1. The first-order chi connectivity index (χ1) is 16.0. The maximum atomic E-state index is 12.6. The molecule has 0 saturated carbocycles. The van der Waals surface area contributed by atoms with Gasteiger partial charge in [0.15, 0.2) is 12.3 Å². The van der Waals surface area contributed by atoms with E-state index < -0.39 is 18.5 Å². The second kappa shape index (κ2) is 9.69. The average Bonchev–Trinajstić information content (AvgIpc) is 2.86. The van der Waals surface area contributed by atoms with Gasteiger partial charge in [0.05, 0.1) is 11.1 Å². The second-order valence-electron chi connectivity index (χ2n) is 7.13. The third-order valence-electron chi connectivity index (χ3n) is 4.87. The maximum Gasteiger partial charge on any atom is 0.359 e. The highest BCUT2D eigenvalue weighted by atomic mass is 16.5. The summed E-state index contributed by atoms with van der Waals surface area (Å²) in [5.41, 5.74) is 4.28. The summed E-state index contributed by atoms with van der Waals surface area (Å²) < 4.78 is 6.20. The number of carbonyl (C=O) groups excluding carboxylic acids is 2. The molecule has 0 aliphatic rings. The molecule has 0 aliphatic heterocycles. The standard InChI is InChI=1S/C25H20N4O4/c1-29-24(31)20-15-9-8-14-19(20)23(28-29)25(32)33-16-21(30)26-27-22(17-10-4-2-5-11-17)18-12-6-3-7-13-18/h2-15H,16H2,1H3,(H,26,30). The number of amides is 1. The number of benzene rings is 3. The predicted molar refractivity (Wildman–Crippen MR) is 124 cm³/mol. The molecule has 0 fully saturated rings. The van der Waals surface area contributed by atoms with Gasteiger partial charge in [0.25, 0.3) is 11.5 Å². The van der Waals surface area contributed by atoms with E-state index in [1.807, 2.05) is 60.7 Å². The van der Waals surface area contributed by atoms with Crippen molar-refractivity contribution in [1.82, 2.24) is 15.2 Å². The summed E-state index contributed by atoms with van der Waals surface area (Å²) in [4.78, 5) is 37.2. The first kappa shape index (κ1) is 21.6. The molecule has 0 saturated heterocycles. The van der Waals surface area contributed by atoms with Crippen LogP contribution in [0.5, 0.6) is 0 Å². The van der Waals surface area contributed by atoms with Crippen molar-refractivity contribution >= 4 is 28.4 Å². The van der Waals surface area contributed by atoms with Crippen LogP contribution in [0, 0.1) is 0 Å². The van der Waals surface area contributed by atoms with E-state index in [2.05, 4.69) is 15.6 Å². The van der Waals surface area contributed by atoms with Crippen molar-refractivity contribution in [2.75, 3.05) is 6.61 Å². The highest BCUT2D eigenvalue weighted by Gasteiger charge is 2.18. The summed E-state index contributed by atoms with van der Waals surface area (Å²) in [6.07, 6.45) is 0.